The fourth-order valence-electron chi connectivity index (χ4n) is 2.98. The number of nitrogens with zero attached hydrogens (tertiary/aromatic N) is 1. The van der Waals surface area contributed by atoms with Gasteiger partial charge in [0.25, 0.3) is 0 Å². The maximum Gasteiger partial charge on any atom is 0.324 e. The summed E-state index contributed by atoms with van der Waals surface area (Å²) < 4.78 is 0. The smallest absolute Gasteiger partial charge is 0.324 e. The minimum Gasteiger partial charge on any atom is -0.335 e. The van der Waals surface area contributed by atoms with Crippen LogP contribution in [-0.2, 0) is 4.79 Å². The van der Waals surface area contributed by atoms with Crippen LogP contribution in [0.2, 0.25) is 0 Å². The van der Waals surface area contributed by atoms with E-state index in [1.807, 2.05) is 0 Å². The molecule has 0 saturated heterocycles. The van der Waals surface area contributed by atoms with E-state index in [0.717, 1.165) is 38.5 Å². The lowest BCUT2D eigenvalue weighted by atomic mass is 9.95. The van der Waals surface area contributed by atoms with Crippen molar-refractivity contribution in [1.29, 1.82) is 0 Å². The van der Waals surface area contributed by atoms with Crippen molar-refractivity contribution in [2.24, 2.45) is 0 Å². The Labute approximate surface area is 103 Å². The topological polar surface area (TPSA) is 49.4 Å². The third kappa shape index (κ3) is 3.20. The van der Waals surface area contributed by atoms with Gasteiger partial charge >= 0.3 is 6.03 Å². The zero-order valence-corrected chi connectivity index (χ0v) is 10.4. The van der Waals surface area contributed by atoms with E-state index in [2.05, 4.69) is 5.32 Å². The van der Waals surface area contributed by atoms with Crippen LogP contribution in [0, 0.1) is 0 Å². The van der Waals surface area contributed by atoms with Gasteiger partial charge in [-0.25, -0.2) is 4.79 Å². The van der Waals surface area contributed by atoms with Gasteiger partial charge < -0.3 is 5.32 Å². The molecule has 0 heterocycles. The molecule has 0 aromatic rings. The molecule has 2 rings (SSSR count). The summed E-state index contributed by atoms with van der Waals surface area (Å²) in [5, 5.41) is 2.98. The molecule has 2 fully saturated rings. The van der Waals surface area contributed by atoms with Crippen molar-refractivity contribution in [2.45, 2.75) is 69.9 Å². The van der Waals surface area contributed by atoms with Gasteiger partial charge in [-0.05, 0) is 25.7 Å². The molecule has 2 aliphatic carbocycles. The van der Waals surface area contributed by atoms with Gasteiger partial charge in [0.15, 0.2) is 0 Å². The van der Waals surface area contributed by atoms with Gasteiger partial charge in [0, 0.05) is 12.1 Å². The maximum atomic E-state index is 12.0. The van der Waals surface area contributed by atoms with Crippen molar-refractivity contribution in [3.8, 4) is 0 Å². The molecule has 4 heteroatoms. The number of urea groups is 1. The average Bonchev–Trinajstić information content (AvgIpc) is 2.84. The lowest BCUT2D eigenvalue weighted by molar-refractivity contribution is -0.117. The largest absolute Gasteiger partial charge is 0.335 e. The van der Waals surface area contributed by atoms with Crippen molar-refractivity contribution in [3.63, 3.8) is 0 Å². The fraction of sp³-hybridized carbons (Fsp3) is 0.846. The van der Waals surface area contributed by atoms with Crippen LogP contribution in [0.4, 0.5) is 4.79 Å². The van der Waals surface area contributed by atoms with Crippen LogP contribution in [0.15, 0.2) is 0 Å². The first-order valence-corrected chi connectivity index (χ1v) is 6.85. The van der Waals surface area contributed by atoms with Gasteiger partial charge in [-0.1, -0.05) is 32.1 Å². The minimum atomic E-state index is -0.182. The second-order valence-corrected chi connectivity index (χ2v) is 5.24. The van der Waals surface area contributed by atoms with E-state index in [4.69, 9.17) is 0 Å². The molecule has 0 atom stereocenters. The monoisotopic (exact) mass is 238 g/mol. The molecule has 17 heavy (non-hydrogen) atoms. The molecule has 0 bridgehead atoms. The number of carbonyl (C=O) groups is 2. The summed E-state index contributed by atoms with van der Waals surface area (Å²) in [6, 6.07) is 0.231. The number of imide groups is 1. The Morgan fingerprint density at radius 1 is 1.00 bits per heavy atom. The zero-order valence-electron chi connectivity index (χ0n) is 10.4. The first-order chi connectivity index (χ1) is 8.31. The second kappa shape index (κ2) is 6.03. The summed E-state index contributed by atoms with van der Waals surface area (Å²) in [6.07, 6.45) is 10.6. The predicted octanol–water partition coefficient (Wildman–Crippen LogP) is 2.43. The molecule has 0 aliphatic heterocycles. The highest BCUT2D eigenvalue weighted by atomic mass is 16.2. The molecular weight excluding hydrogens is 216 g/mol. The lowest BCUT2D eigenvalue weighted by Crippen LogP contribution is -2.48. The van der Waals surface area contributed by atoms with E-state index in [9.17, 15) is 9.59 Å². The summed E-state index contributed by atoms with van der Waals surface area (Å²) in [5.41, 5.74) is 0. The highest BCUT2D eigenvalue weighted by Gasteiger charge is 2.27. The Bertz CT molecular complexity index is 269. The molecule has 0 aromatic heterocycles. The Kier molecular flexibility index (Phi) is 4.40. The number of hydrogen-bond acceptors (Lipinski definition) is 2. The van der Waals surface area contributed by atoms with E-state index < -0.39 is 0 Å². The second-order valence-electron chi connectivity index (χ2n) is 5.24. The molecule has 2 saturated carbocycles. The van der Waals surface area contributed by atoms with Crippen LogP contribution in [0.1, 0.15) is 57.8 Å². The van der Waals surface area contributed by atoms with E-state index in [0.29, 0.717) is 6.41 Å². The third-order valence-electron chi connectivity index (χ3n) is 4.00. The molecule has 1 N–H and O–H groups in total. The molecule has 0 unspecified atom stereocenters. The number of carbonyl (C=O) groups excluding carboxylic acids is 2. The number of hydrogen-bond donors (Lipinski definition) is 1. The van der Waals surface area contributed by atoms with Gasteiger partial charge in [0.05, 0.1) is 0 Å². The van der Waals surface area contributed by atoms with Gasteiger partial charge in [0.1, 0.15) is 0 Å². The van der Waals surface area contributed by atoms with Crippen LogP contribution in [-0.4, -0.2) is 29.4 Å². The van der Waals surface area contributed by atoms with Gasteiger partial charge in [-0.15, -0.1) is 0 Å². The first-order valence-electron chi connectivity index (χ1n) is 6.85. The van der Waals surface area contributed by atoms with Crippen molar-refractivity contribution < 1.29 is 9.59 Å². The van der Waals surface area contributed by atoms with Crippen molar-refractivity contribution >= 4 is 12.4 Å². The molecule has 96 valence electrons. The van der Waals surface area contributed by atoms with E-state index in [1.54, 1.807) is 0 Å². The van der Waals surface area contributed by atoms with E-state index >= 15 is 0 Å². The van der Waals surface area contributed by atoms with Gasteiger partial charge in [0.2, 0.25) is 6.41 Å². The van der Waals surface area contributed by atoms with Crippen molar-refractivity contribution in [3.05, 3.63) is 0 Å². The SMILES string of the molecule is O=CN(C(=O)NC1CCCC1)C1CCCCC1. The normalized spacial score (nSPS) is 22.4. The summed E-state index contributed by atoms with van der Waals surface area (Å²) in [6.45, 7) is 0. The predicted molar refractivity (Wildman–Crippen MR) is 65.6 cm³/mol. The standard InChI is InChI=1S/C13H22N2O2/c16-10-15(12-8-2-1-3-9-12)13(17)14-11-6-4-5-7-11/h10-12H,1-9H2,(H,14,17). The zero-order chi connectivity index (χ0) is 12.1. The number of nitrogens with one attached hydrogen (secondary N) is 1. The number of amides is 3. The van der Waals surface area contributed by atoms with Crippen LogP contribution < -0.4 is 5.32 Å². The van der Waals surface area contributed by atoms with Crippen LogP contribution in [0.5, 0.6) is 0 Å². The molecule has 0 aromatic carbocycles. The number of rotatable bonds is 3. The molecule has 3 amide bonds. The highest BCUT2D eigenvalue weighted by Crippen LogP contribution is 2.23. The Balaban J connectivity index is 1.87. The van der Waals surface area contributed by atoms with Gasteiger partial charge in [-0.3, -0.25) is 9.69 Å². The lowest BCUT2D eigenvalue weighted by Gasteiger charge is -2.30. The summed E-state index contributed by atoms with van der Waals surface area (Å²) in [4.78, 5) is 24.5. The minimum absolute atomic E-state index is 0.127. The molecule has 0 spiro atoms. The summed E-state index contributed by atoms with van der Waals surface area (Å²) >= 11 is 0. The van der Waals surface area contributed by atoms with Crippen molar-refractivity contribution in [2.75, 3.05) is 0 Å². The van der Waals surface area contributed by atoms with E-state index in [-0.39, 0.29) is 18.1 Å². The Morgan fingerprint density at radius 2 is 1.59 bits per heavy atom. The third-order valence-corrected chi connectivity index (χ3v) is 4.00. The molecule has 4 nitrogen and oxygen atoms in total. The Morgan fingerprint density at radius 3 is 2.18 bits per heavy atom. The first kappa shape index (κ1) is 12.4. The van der Waals surface area contributed by atoms with Crippen molar-refractivity contribution in [1.82, 2.24) is 10.2 Å². The molecule has 2 aliphatic rings. The Hall–Kier alpha value is -1.06. The highest BCUT2D eigenvalue weighted by molar-refractivity contribution is 5.85. The van der Waals surface area contributed by atoms with Gasteiger partial charge in [-0.2, -0.15) is 0 Å². The molecular formula is C13H22N2O2. The fourth-order valence-corrected chi connectivity index (χ4v) is 2.98. The summed E-state index contributed by atoms with van der Waals surface area (Å²) in [5.74, 6) is 0. The van der Waals surface area contributed by atoms with Crippen LogP contribution in [0.25, 0.3) is 0 Å². The average molecular weight is 238 g/mol. The van der Waals surface area contributed by atoms with Crippen LogP contribution in [0.3, 0.4) is 0 Å². The van der Waals surface area contributed by atoms with Crippen LogP contribution >= 0.6 is 0 Å². The maximum absolute atomic E-state index is 12.0. The summed E-state index contributed by atoms with van der Waals surface area (Å²) in [7, 11) is 0. The van der Waals surface area contributed by atoms with E-state index in [1.165, 1.54) is 24.2 Å². The molecule has 0 radical (unpaired) electrons. The quantitative estimate of drug-likeness (QED) is 0.768.